The standard InChI is InChI=1S/C16H23N3O2S/c20-13-3-1-2-12(13)18-6-8-19(9-7-18)16(21)14-10-17-15(22-14)11-4-5-11/h10-13,20H,1-9H2/t12-,13-/m0/s1. The smallest absolute Gasteiger partial charge is 0.265 e. The molecule has 120 valence electrons. The van der Waals surface area contributed by atoms with Crippen molar-refractivity contribution in [3.05, 3.63) is 16.1 Å². The third kappa shape index (κ3) is 2.79. The summed E-state index contributed by atoms with van der Waals surface area (Å²) >= 11 is 1.58. The molecule has 1 saturated heterocycles. The third-order valence-corrected chi connectivity index (χ3v) is 6.32. The van der Waals surface area contributed by atoms with Crippen LogP contribution in [0.5, 0.6) is 0 Å². The van der Waals surface area contributed by atoms with Crippen LogP contribution in [0.3, 0.4) is 0 Å². The van der Waals surface area contributed by atoms with Crippen molar-refractivity contribution in [1.29, 1.82) is 0 Å². The summed E-state index contributed by atoms with van der Waals surface area (Å²) < 4.78 is 0. The summed E-state index contributed by atoms with van der Waals surface area (Å²) in [6.07, 6.45) is 7.17. The van der Waals surface area contributed by atoms with E-state index in [1.807, 2.05) is 4.90 Å². The van der Waals surface area contributed by atoms with Gasteiger partial charge in [0.2, 0.25) is 0 Å². The quantitative estimate of drug-likeness (QED) is 0.920. The lowest BCUT2D eigenvalue weighted by atomic mass is 10.1. The highest BCUT2D eigenvalue weighted by atomic mass is 32.1. The summed E-state index contributed by atoms with van der Waals surface area (Å²) in [6, 6.07) is 0.308. The number of nitrogens with zero attached hydrogens (tertiary/aromatic N) is 3. The Balaban J connectivity index is 1.35. The average Bonchev–Trinajstić information content (AvgIpc) is 3.12. The van der Waals surface area contributed by atoms with Crippen molar-refractivity contribution >= 4 is 17.2 Å². The molecule has 3 aliphatic rings. The van der Waals surface area contributed by atoms with Gasteiger partial charge < -0.3 is 10.0 Å². The van der Waals surface area contributed by atoms with Crippen LogP contribution in [-0.4, -0.2) is 64.1 Å². The van der Waals surface area contributed by atoms with Crippen LogP contribution in [0.25, 0.3) is 0 Å². The molecule has 0 spiro atoms. The maximum atomic E-state index is 12.6. The van der Waals surface area contributed by atoms with Gasteiger partial charge in [0.1, 0.15) is 4.88 Å². The monoisotopic (exact) mass is 321 g/mol. The molecule has 2 heterocycles. The molecule has 2 atom stereocenters. The Labute approximate surface area is 134 Å². The molecule has 3 fully saturated rings. The van der Waals surface area contributed by atoms with E-state index in [4.69, 9.17) is 0 Å². The second-order valence-electron chi connectivity index (χ2n) is 6.73. The van der Waals surface area contributed by atoms with Crippen LogP contribution in [0.15, 0.2) is 6.20 Å². The number of hydrogen-bond acceptors (Lipinski definition) is 5. The summed E-state index contributed by atoms with van der Waals surface area (Å²) in [6.45, 7) is 3.28. The Morgan fingerprint density at radius 2 is 1.95 bits per heavy atom. The van der Waals surface area contributed by atoms with Gasteiger partial charge in [-0.3, -0.25) is 9.69 Å². The number of hydrogen-bond donors (Lipinski definition) is 1. The van der Waals surface area contributed by atoms with E-state index in [2.05, 4.69) is 9.88 Å². The zero-order valence-corrected chi connectivity index (χ0v) is 13.6. The average molecular weight is 321 g/mol. The Bertz CT molecular complexity index is 549. The van der Waals surface area contributed by atoms with E-state index in [0.29, 0.717) is 12.0 Å². The first kappa shape index (κ1) is 14.6. The van der Waals surface area contributed by atoms with Gasteiger partial charge in [0.05, 0.1) is 17.3 Å². The lowest BCUT2D eigenvalue weighted by molar-refractivity contribution is 0.0317. The zero-order chi connectivity index (χ0) is 15.1. The molecule has 1 N–H and O–H groups in total. The highest BCUT2D eigenvalue weighted by Gasteiger charge is 2.34. The van der Waals surface area contributed by atoms with Crippen molar-refractivity contribution in [3.8, 4) is 0 Å². The molecule has 1 aromatic rings. The fraction of sp³-hybridized carbons (Fsp3) is 0.750. The molecule has 0 aromatic carbocycles. The minimum Gasteiger partial charge on any atom is -0.391 e. The molecule has 4 rings (SSSR count). The van der Waals surface area contributed by atoms with Gasteiger partial charge in [0.15, 0.2) is 0 Å². The normalized spacial score (nSPS) is 30.0. The Kier molecular flexibility index (Phi) is 3.92. The van der Waals surface area contributed by atoms with Crippen LogP contribution in [0.1, 0.15) is 52.7 Å². The largest absolute Gasteiger partial charge is 0.391 e. The van der Waals surface area contributed by atoms with E-state index < -0.39 is 0 Å². The molecule has 1 aliphatic heterocycles. The van der Waals surface area contributed by atoms with E-state index in [1.165, 1.54) is 12.8 Å². The number of aliphatic hydroxyl groups excluding tert-OH is 1. The summed E-state index contributed by atoms with van der Waals surface area (Å²) in [5.41, 5.74) is 0. The van der Waals surface area contributed by atoms with Gasteiger partial charge >= 0.3 is 0 Å². The van der Waals surface area contributed by atoms with E-state index in [9.17, 15) is 9.90 Å². The van der Waals surface area contributed by atoms with E-state index in [-0.39, 0.29) is 12.0 Å². The van der Waals surface area contributed by atoms with Gasteiger partial charge in [-0.15, -0.1) is 11.3 Å². The molecule has 5 nitrogen and oxygen atoms in total. The first-order valence-electron chi connectivity index (χ1n) is 8.39. The summed E-state index contributed by atoms with van der Waals surface area (Å²) in [7, 11) is 0. The Morgan fingerprint density at radius 3 is 2.59 bits per heavy atom. The number of thiazole rings is 1. The van der Waals surface area contributed by atoms with Crippen LogP contribution in [-0.2, 0) is 0 Å². The predicted octanol–water partition coefficient (Wildman–Crippen LogP) is 1.69. The minimum absolute atomic E-state index is 0.135. The van der Waals surface area contributed by atoms with Gasteiger partial charge in [-0.2, -0.15) is 0 Å². The molecule has 1 aromatic heterocycles. The molecular weight excluding hydrogens is 298 g/mol. The lowest BCUT2D eigenvalue weighted by Gasteiger charge is -2.38. The van der Waals surface area contributed by atoms with Crippen LogP contribution in [0, 0.1) is 0 Å². The van der Waals surface area contributed by atoms with Crippen molar-refractivity contribution in [2.75, 3.05) is 26.2 Å². The highest BCUT2D eigenvalue weighted by Crippen LogP contribution is 2.41. The van der Waals surface area contributed by atoms with E-state index in [0.717, 1.165) is 55.3 Å². The first-order valence-corrected chi connectivity index (χ1v) is 9.21. The Hall–Kier alpha value is -0.980. The number of carbonyl (C=O) groups is 1. The molecule has 22 heavy (non-hydrogen) atoms. The molecule has 2 aliphatic carbocycles. The van der Waals surface area contributed by atoms with E-state index in [1.54, 1.807) is 17.5 Å². The van der Waals surface area contributed by atoms with Crippen LogP contribution < -0.4 is 0 Å². The van der Waals surface area contributed by atoms with Crippen LogP contribution in [0.4, 0.5) is 0 Å². The molecule has 0 bridgehead atoms. The molecular formula is C16H23N3O2S. The molecule has 6 heteroatoms. The van der Waals surface area contributed by atoms with Crippen LogP contribution in [0.2, 0.25) is 0 Å². The van der Waals surface area contributed by atoms with Gasteiger partial charge in [0, 0.05) is 38.1 Å². The number of carbonyl (C=O) groups excluding carboxylic acids is 1. The Morgan fingerprint density at radius 1 is 1.18 bits per heavy atom. The zero-order valence-electron chi connectivity index (χ0n) is 12.8. The number of aliphatic hydroxyl groups is 1. The van der Waals surface area contributed by atoms with Crippen molar-refractivity contribution < 1.29 is 9.90 Å². The maximum Gasteiger partial charge on any atom is 0.265 e. The highest BCUT2D eigenvalue weighted by molar-refractivity contribution is 7.13. The van der Waals surface area contributed by atoms with Gasteiger partial charge in [-0.05, 0) is 32.1 Å². The second kappa shape index (κ2) is 5.91. The molecule has 0 radical (unpaired) electrons. The first-order chi connectivity index (χ1) is 10.7. The number of amides is 1. The maximum absolute atomic E-state index is 12.6. The summed E-state index contributed by atoms with van der Waals surface area (Å²) in [5.74, 6) is 0.753. The number of aromatic nitrogens is 1. The topological polar surface area (TPSA) is 56.7 Å². The van der Waals surface area contributed by atoms with Crippen molar-refractivity contribution in [2.45, 2.75) is 50.2 Å². The minimum atomic E-state index is -0.176. The fourth-order valence-corrected chi connectivity index (χ4v) is 4.72. The third-order valence-electron chi connectivity index (χ3n) is 5.18. The van der Waals surface area contributed by atoms with Gasteiger partial charge in [-0.25, -0.2) is 4.98 Å². The lowest BCUT2D eigenvalue weighted by Crippen LogP contribution is -2.53. The predicted molar refractivity (Wildman–Crippen MR) is 85.2 cm³/mol. The fourth-order valence-electron chi connectivity index (χ4n) is 3.66. The summed E-state index contributed by atoms with van der Waals surface area (Å²) in [5, 5.41) is 11.2. The summed E-state index contributed by atoms with van der Waals surface area (Å²) in [4.78, 5) is 22.1. The molecule has 2 saturated carbocycles. The number of rotatable bonds is 3. The SMILES string of the molecule is O=C(c1cnc(C2CC2)s1)N1CCN([C@H]2CCC[C@@H]2O)CC1. The van der Waals surface area contributed by atoms with Gasteiger partial charge in [-0.1, -0.05) is 0 Å². The van der Waals surface area contributed by atoms with Crippen molar-refractivity contribution in [2.24, 2.45) is 0 Å². The van der Waals surface area contributed by atoms with Crippen LogP contribution >= 0.6 is 11.3 Å². The van der Waals surface area contributed by atoms with Crippen molar-refractivity contribution in [3.63, 3.8) is 0 Å². The second-order valence-corrected chi connectivity index (χ2v) is 7.79. The van der Waals surface area contributed by atoms with Gasteiger partial charge in [0.25, 0.3) is 5.91 Å². The molecule has 0 unspecified atom stereocenters. The number of piperazine rings is 1. The van der Waals surface area contributed by atoms with Crippen molar-refractivity contribution in [1.82, 2.24) is 14.8 Å². The van der Waals surface area contributed by atoms with E-state index >= 15 is 0 Å². The molecule has 1 amide bonds.